The van der Waals surface area contributed by atoms with Gasteiger partial charge in [-0.05, 0) is 20.3 Å². The zero-order valence-corrected chi connectivity index (χ0v) is 9.57. The molecule has 0 unspecified atom stereocenters. The second-order valence-electron chi connectivity index (χ2n) is 3.77. The van der Waals surface area contributed by atoms with Gasteiger partial charge < -0.3 is 5.32 Å². The fourth-order valence-electron chi connectivity index (χ4n) is 1.19. The molecule has 0 radical (unpaired) electrons. The number of hydrogen-bond acceptors (Lipinski definition) is 2. The van der Waals surface area contributed by atoms with Crippen LogP contribution in [0, 0.1) is 0 Å². The van der Waals surface area contributed by atoms with Gasteiger partial charge >= 0.3 is 6.03 Å². The zero-order valence-electron chi connectivity index (χ0n) is 8.82. The summed E-state index contributed by atoms with van der Waals surface area (Å²) in [6.07, 6.45) is 1.83. The Hall–Kier alpha value is -0.770. The summed E-state index contributed by atoms with van der Waals surface area (Å²) in [4.78, 5) is 22.0. The maximum Gasteiger partial charge on any atom is 0.321 e. The molecular formula is C9H17ClN2O2. The van der Waals surface area contributed by atoms with E-state index < -0.39 is 11.9 Å². The summed E-state index contributed by atoms with van der Waals surface area (Å²) >= 11 is 5.24. The largest absolute Gasteiger partial charge is 0.333 e. The van der Waals surface area contributed by atoms with Crippen LogP contribution in [0.25, 0.3) is 0 Å². The van der Waals surface area contributed by atoms with Crippen molar-refractivity contribution in [1.29, 1.82) is 0 Å². The Morgan fingerprint density at radius 1 is 1.36 bits per heavy atom. The first-order chi connectivity index (χ1) is 6.41. The molecule has 3 amide bonds. The lowest BCUT2D eigenvalue weighted by Crippen LogP contribution is -2.50. The summed E-state index contributed by atoms with van der Waals surface area (Å²) in [5.74, 6) is -0.696. The third kappa shape index (κ3) is 5.80. The highest BCUT2D eigenvalue weighted by Gasteiger charge is 2.19. The molecule has 0 aromatic rings. The SMILES string of the molecule is CCCC(C)(C)NC(=O)NC(=O)CCl. The molecule has 0 heterocycles. The van der Waals surface area contributed by atoms with Crippen LogP contribution in [-0.4, -0.2) is 23.4 Å². The molecule has 0 saturated heterocycles. The summed E-state index contributed by atoms with van der Waals surface area (Å²) in [5.41, 5.74) is -0.300. The molecule has 2 N–H and O–H groups in total. The number of urea groups is 1. The summed E-state index contributed by atoms with van der Waals surface area (Å²) in [7, 11) is 0. The number of rotatable bonds is 4. The van der Waals surface area contributed by atoms with Crippen molar-refractivity contribution in [2.45, 2.75) is 39.2 Å². The molecule has 0 fully saturated rings. The molecule has 0 aromatic heterocycles. The minimum atomic E-state index is -0.492. The highest BCUT2D eigenvalue weighted by Crippen LogP contribution is 2.09. The lowest BCUT2D eigenvalue weighted by atomic mass is 9.99. The van der Waals surface area contributed by atoms with Crippen LogP contribution in [0.5, 0.6) is 0 Å². The number of carbonyl (C=O) groups excluding carboxylic acids is 2. The van der Waals surface area contributed by atoms with E-state index in [0.717, 1.165) is 12.8 Å². The fraction of sp³-hybridized carbons (Fsp3) is 0.778. The van der Waals surface area contributed by atoms with Crippen molar-refractivity contribution in [1.82, 2.24) is 10.6 Å². The van der Waals surface area contributed by atoms with Crippen molar-refractivity contribution in [3.63, 3.8) is 0 Å². The molecular weight excluding hydrogens is 204 g/mol. The maximum atomic E-state index is 11.2. The molecule has 0 aliphatic carbocycles. The smallest absolute Gasteiger partial charge is 0.321 e. The van der Waals surface area contributed by atoms with E-state index in [0.29, 0.717) is 0 Å². The van der Waals surface area contributed by atoms with E-state index in [1.807, 2.05) is 20.8 Å². The second kappa shape index (κ2) is 5.86. The van der Waals surface area contributed by atoms with E-state index >= 15 is 0 Å². The molecule has 0 rings (SSSR count). The van der Waals surface area contributed by atoms with Gasteiger partial charge in [-0.1, -0.05) is 13.3 Å². The average Bonchev–Trinajstić information content (AvgIpc) is 2.02. The molecule has 82 valence electrons. The number of halogens is 1. The first-order valence-electron chi connectivity index (χ1n) is 4.59. The molecule has 14 heavy (non-hydrogen) atoms. The van der Waals surface area contributed by atoms with E-state index in [2.05, 4.69) is 10.6 Å². The van der Waals surface area contributed by atoms with E-state index in [1.54, 1.807) is 0 Å². The molecule has 4 nitrogen and oxygen atoms in total. The first-order valence-corrected chi connectivity index (χ1v) is 5.12. The zero-order chi connectivity index (χ0) is 11.2. The van der Waals surface area contributed by atoms with Gasteiger partial charge in [0.15, 0.2) is 0 Å². The molecule has 0 saturated carbocycles. The number of amides is 3. The molecule has 0 aliphatic rings. The highest BCUT2D eigenvalue weighted by atomic mass is 35.5. The van der Waals surface area contributed by atoms with E-state index in [9.17, 15) is 9.59 Å². The monoisotopic (exact) mass is 220 g/mol. The van der Waals surface area contributed by atoms with E-state index in [1.165, 1.54) is 0 Å². The van der Waals surface area contributed by atoms with Crippen molar-refractivity contribution >= 4 is 23.5 Å². The van der Waals surface area contributed by atoms with Gasteiger partial charge in [-0.25, -0.2) is 4.79 Å². The van der Waals surface area contributed by atoms with Gasteiger partial charge in [0.05, 0.1) is 0 Å². The van der Waals surface area contributed by atoms with Crippen molar-refractivity contribution in [3.8, 4) is 0 Å². The number of imide groups is 1. The Morgan fingerprint density at radius 2 is 1.93 bits per heavy atom. The Bertz CT molecular complexity index is 217. The van der Waals surface area contributed by atoms with Crippen LogP contribution >= 0.6 is 11.6 Å². The van der Waals surface area contributed by atoms with Crippen molar-refractivity contribution < 1.29 is 9.59 Å². The van der Waals surface area contributed by atoms with Crippen LogP contribution in [0.2, 0.25) is 0 Å². The van der Waals surface area contributed by atoms with Gasteiger partial charge in [0, 0.05) is 5.54 Å². The standard InChI is InChI=1S/C9H17ClN2O2/c1-4-5-9(2,3)12-8(14)11-7(13)6-10/h4-6H2,1-3H3,(H2,11,12,13,14). The first kappa shape index (κ1) is 13.2. The topological polar surface area (TPSA) is 58.2 Å². The number of hydrogen-bond donors (Lipinski definition) is 2. The van der Waals surface area contributed by atoms with Crippen LogP contribution in [0.4, 0.5) is 4.79 Å². The van der Waals surface area contributed by atoms with Gasteiger partial charge in [-0.15, -0.1) is 11.6 Å². The van der Waals surface area contributed by atoms with E-state index in [-0.39, 0.29) is 11.4 Å². The third-order valence-corrected chi connectivity index (χ3v) is 1.94. The van der Waals surface area contributed by atoms with Gasteiger partial charge in [-0.3, -0.25) is 10.1 Å². The molecule has 5 heteroatoms. The van der Waals surface area contributed by atoms with Gasteiger partial charge in [-0.2, -0.15) is 0 Å². The maximum absolute atomic E-state index is 11.2. The number of carbonyl (C=O) groups is 2. The Balaban J connectivity index is 3.98. The summed E-state index contributed by atoms with van der Waals surface area (Å²) in [5, 5.41) is 4.82. The molecule has 0 atom stereocenters. The van der Waals surface area contributed by atoms with Gasteiger partial charge in [0.2, 0.25) is 5.91 Å². The predicted octanol–water partition coefficient (Wildman–Crippen LogP) is 1.63. The minimum Gasteiger partial charge on any atom is -0.333 e. The van der Waals surface area contributed by atoms with Crippen molar-refractivity contribution in [2.24, 2.45) is 0 Å². The number of nitrogens with one attached hydrogen (secondary N) is 2. The van der Waals surface area contributed by atoms with Crippen LogP contribution in [-0.2, 0) is 4.79 Å². The normalized spacial score (nSPS) is 10.9. The van der Waals surface area contributed by atoms with E-state index in [4.69, 9.17) is 11.6 Å². The average molecular weight is 221 g/mol. The minimum absolute atomic E-state index is 0.207. The van der Waals surface area contributed by atoms with Crippen LogP contribution in [0.3, 0.4) is 0 Å². The summed E-state index contributed by atoms with van der Waals surface area (Å²) in [6, 6.07) is -0.492. The predicted molar refractivity (Wildman–Crippen MR) is 56.4 cm³/mol. The Kier molecular flexibility index (Phi) is 5.53. The third-order valence-electron chi connectivity index (χ3n) is 1.70. The summed E-state index contributed by atoms with van der Waals surface area (Å²) in [6.45, 7) is 5.84. The lowest BCUT2D eigenvalue weighted by Gasteiger charge is -2.25. The quantitative estimate of drug-likeness (QED) is 0.708. The number of alkyl halides is 1. The van der Waals surface area contributed by atoms with Crippen LogP contribution < -0.4 is 10.6 Å². The van der Waals surface area contributed by atoms with Crippen LogP contribution in [0.1, 0.15) is 33.6 Å². The summed E-state index contributed by atoms with van der Waals surface area (Å²) < 4.78 is 0. The second-order valence-corrected chi connectivity index (χ2v) is 4.04. The molecule has 0 aromatic carbocycles. The Labute approximate surface area is 89.4 Å². The lowest BCUT2D eigenvalue weighted by molar-refractivity contribution is -0.117. The van der Waals surface area contributed by atoms with Crippen LogP contribution in [0.15, 0.2) is 0 Å². The molecule has 0 spiro atoms. The van der Waals surface area contributed by atoms with Crippen molar-refractivity contribution in [3.05, 3.63) is 0 Å². The highest BCUT2D eigenvalue weighted by molar-refractivity contribution is 6.28. The fourth-order valence-corrected chi connectivity index (χ4v) is 1.25. The molecule has 0 aliphatic heterocycles. The van der Waals surface area contributed by atoms with Gasteiger partial charge in [0.1, 0.15) is 5.88 Å². The Morgan fingerprint density at radius 3 is 2.36 bits per heavy atom. The molecule has 0 bridgehead atoms. The van der Waals surface area contributed by atoms with Gasteiger partial charge in [0.25, 0.3) is 0 Å². The van der Waals surface area contributed by atoms with Crippen molar-refractivity contribution in [2.75, 3.05) is 5.88 Å².